The van der Waals surface area contributed by atoms with E-state index in [0.29, 0.717) is 12.0 Å². The minimum Gasteiger partial charge on any atom is -0.395 e. The topological polar surface area (TPSA) is 102 Å². The van der Waals surface area contributed by atoms with Crippen LogP contribution in [0.4, 0.5) is 0 Å². The molecule has 0 aromatic carbocycles. The van der Waals surface area contributed by atoms with Crippen molar-refractivity contribution in [1.29, 1.82) is 0 Å². The van der Waals surface area contributed by atoms with E-state index in [0.717, 1.165) is 0 Å². The van der Waals surface area contributed by atoms with Crippen molar-refractivity contribution in [3.63, 3.8) is 0 Å². The van der Waals surface area contributed by atoms with Crippen molar-refractivity contribution in [1.82, 2.24) is 4.57 Å². The summed E-state index contributed by atoms with van der Waals surface area (Å²) in [5.41, 5.74) is 5.73. The van der Waals surface area contributed by atoms with Crippen molar-refractivity contribution in [2.75, 3.05) is 6.61 Å². The summed E-state index contributed by atoms with van der Waals surface area (Å²) in [5.74, 6) is 5.10. The number of aliphatic imine (C=N–C) groups is 1. The predicted octanol–water partition coefficient (Wildman–Crippen LogP) is -0.753. The quantitative estimate of drug-likeness (QED) is 0.358. The molecule has 1 unspecified atom stereocenters. The average Bonchev–Trinajstić information content (AvgIpc) is 2.31. The van der Waals surface area contributed by atoms with Gasteiger partial charge < -0.3 is 21.2 Å². The number of aliphatic hydroxyl groups is 1. The van der Waals surface area contributed by atoms with Gasteiger partial charge >= 0.3 is 0 Å². The molecule has 0 saturated heterocycles. The van der Waals surface area contributed by atoms with Crippen LogP contribution < -0.4 is 17.1 Å². The second-order valence-electron chi connectivity index (χ2n) is 3.03. The number of hydrogen-bond donors (Lipinski definition) is 3. The van der Waals surface area contributed by atoms with Crippen molar-refractivity contribution in [3.8, 4) is 0 Å². The Morgan fingerprint density at radius 2 is 2.19 bits per heavy atom. The molecule has 0 bridgehead atoms. The molecule has 0 aliphatic rings. The monoisotopic (exact) mass is 225 g/mol. The normalized spacial score (nSPS) is 12.6. The number of aliphatic hydroxyl groups excluding tert-OH is 1. The molecule has 6 heteroatoms. The molecular formula is C10H19N5O. The van der Waals surface area contributed by atoms with Gasteiger partial charge in [-0.25, -0.2) is 0 Å². The Balaban J connectivity index is 0.000000385. The van der Waals surface area contributed by atoms with Crippen LogP contribution in [0.1, 0.15) is 6.92 Å². The summed E-state index contributed by atoms with van der Waals surface area (Å²) >= 11 is 0. The van der Waals surface area contributed by atoms with E-state index in [1.54, 1.807) is 17.6 Å². The van der Waals surface area contributed by atoms with Gasteiger partial charge in [-0.1, -0.05) is 6.07 Å². The first kappa shape index (κ1) is 14.3. The molecule has 16 heavy (non-hydrogen) atoms. The summed E-state index contributed by atoms with van der Waals surface area (Å²) in [4.78, 5) is 3.42. The van der Waals surface area contributed by atoms with Gasteiger partial charge in [0.05, 0.1) is 12.8 Å². The lowest BCUT2D eigenvalue weighted by Crippen LogP contribution is -2.22. The maximum absolute atomic E-state index is 8.64. The van der Waals surface area contributed by atoms with E-state index in [4.69, 9.17) is 16.7 Å². The molecule has 5 N–H and O–H groups in total. The smallest absolute Gasteiger partial charge is 0.152 e. The fraction of sp³-hybridized carbons (Fsp3) is 0.400. The standard InChI is InChI=1S/C7H11N3O.C3H8N2/c8-9-7-3-1-2-4-10(7)5-6-11;1-3(4)5-2/h1-4,11H,5-6,8H2;3H,2,4H2,1H3/b9-7+;. The molecule has 0 amide bonds. The van der Waals surface area contributed by atoms with E-state index in [2.05, 4.69) is 16.8 Å². The third kappa shape index (κ3) is 5.94. The molecule has 1 rings (SSSR count). The number of aromatic nitrogens is 1. The molecule has 0 fully saturated rings. The molecule has 0 spiro atoms. The van der Waals surface area contributed by atoms with Crippen LogP contribution in [0, 0.1) is 0 Å². The highest BCUT2D eigenvalue weighted by molar-refractivity contribution is 5.23. The lowest BCUT2D eigenvalue weighted by atomic mass is 10.4. The van der Waals surface area contributed by atoms with E-state index in [1.165, 1.54) is 0 Å². The van der Waals surface area contributed by atoms with E-state index in [1.807, 2.05) is 18.3 Å². The zero-order valence-electron chi connectivity index (χ0n) is 9.45. The lowest BCUT2D eigenvalue weighted by molar-refractivity contribution is 0.273. The largest absolute Gasteiger partial charge is 0.395 e. The van der Waals surface area contributed by atoms with Crippen LogP contribution in [0.25, 0.3) is 0 Å². The molecule has 1 aromatic heterocycles. The summed E-state index contributed by atoms with van der Waals surface area (Å²) in [6.45, 7) is 5.58. The van der Waals surface area contributed by atoms with E-state index in [9.17, 15) is 0 Å². The highest BCUT2D eigenvalue weighted by Gasteiger charge is 1.88. The Bertz CT molecular complexity index is 358. The molecular weight excluding hydrogens is 206 g/mol. The van der Waals surface area contributed by atoms with Crippen LogP contribution in [0.3, 0.4) is 0 Å². The van der Waals surface area contributed by atoms with E-state index in [-0.39, 0.29) is 12.8 Å². The maximum Gasteiger partial charge on any atom is 0.152 e. The van der Waals surface area contributed by atoms with Crippen molar-refractivity contribution < 1.29 is 5.11 Å². The first-order valence-corrected chi connectivity index (χ1v) is 4.87. The number of nitrogens with zero attached hydrogens (tertiary/aromatic N) is 3. The third-order valence-corrected chi connectivity index (χ3v) is 1.68. The summed E-state index contributed by atoms with van der Waals surface area (Å²) in [6, 6.07) is 5.50. The SMILES string of the molecule is C=NC(C)N.N/N=c1\ccccn1CCO. The third-order valence-electron chi connectivity index (χ3n) is 1.68. The Morgan fingerprint density at radius 1 is 1.56 bits per heavy atom. The Hall–Kier alpha value is -1.66. The summed E-state index contributed by atoms with van der Waals surface area (Å²) < 4.78 is 1.78. The Kier molecular flexibility index (Phi) is 7.74. The van der Waals surface area contributed by atoms with Crippen LogP contribution in [0.2, 0.25) is 0 Å². The highest BCUT2D eigenvalue weighted by Crippen LogP contribution is 1.80. The minimum atomic E-state index is -0.102. The van der Waals surface area contributed by atoms with Gasteiger partial charge in [-0.05, 0) is 25.8 Å². The fourth-order valence-corrected chi connectivity index (χ4v) is 0.881. The maximum atomic E-state index is 8.64. The molecule has 6 nitrogen and oxygen atoms in total. The zero-order chi connectivity index (χ0) is 12.4. The van der Waals surface area contributed by atoms with Gasteiger partial charge in [0.25, 0.3) is 0 Å². The van der Waals surface area contributed by atoms with Crippen LogP contribution >= 0.6 is 0 Å². The van der Waals surface area contributed by atoms with Gasteiger partial charge in [0.15, 0.2) is 5.49 Å². The average molecular weight is 225 g/mol. The van der Waals surface area contributed by atoms with Crippen molar-refractivity contribution in [2.45, 2.75) is 19.6 Å². The van der Waals surface area contributed by atoms with Crippen molar-refractivity contribution in [2.24, 2.45) is 21.7 Å². The molecule has 1 heterocycles. The second kappa shape index (κ2) is 8.63. The zero-order valence-corrected chi connectivity index (χ0v) is 9.45. The number of pyridine rings is 1. The van der Waals surface area contributed by atoms with Crippen LogP contribution in [-0.2, 0) is 6.54 Å². The van der Waals surface area contributed by atoms with Crippen LogP contribution in [0.15, 0.2) is 34.5 Å². The highest BCUT2D eigenvalue weighted by atomic mass is 16.3. The molecule has 0 aliphatic carbocycles. The molecule has 0 radical (unpaired) electrons. The number of nitrogens with two attached hydrogens (primary N) is 2. The van der Waals surface area contributed by atoms with E-state index < -0.39 is 0 Å². The molecule has 90 valence electrons. The first-order valence-electron chi connectivity index (χ1n) is 4.87. The number of hydrogen-bond acceptors (Lipinski definition) is 5. The minimum absolute atomic E-state index is 0.0944. The second-order valence-corrected chi connectivity index (χ2v) is 3.03. The fourth-order valence-electron chi connectivity index (χ4n) is 0.881. The summed E-state index contributed by atoms with van der Waals surface area (Å²) in [7, 11) is 0. The van der Waals surface area contributed by atoms with Crippen molar-refractivity contribution >= 4 is 6.72 Å². The van der Waals surface area contributed by atoms with Crippen LogP contribution in [-0.4, -0.2) is 29.2 Å². The Morgan fingerprint density at radius 3 is 2.62 bits per heavy atom. The first-order chi connectivity index (χ1) is 7.65. The molecule has 1 atom stereocenters. The van der Waals surface area contributed by atoms with Gasteiger partial charge in [-0.15, -0.1) is 0 Å². The van der Waals surface area contributed by atoms with Gasteiger partial charge in [0, 0.05) is 12.7 Å². The Labute approximate surface area is 94.9 Å². The van der Waals surface area contributed by atoms with Gasteiger partial charge in [-0.3, -0.25) is 4.99 Å². The molecule has 0 saturated carbocycles. The van der Waals surface area contributed by atoms with Gasteiger partial charge in [0.2, 0.25) is 0 Å². The number of rotatable bonds is 3. The van der Waals surface area contributed by atoms with Gasteiger partial charge in [0.1, 0.15) is 0 Å². The molecule has 1 aromatic rings. The van der Waals surface area contributed by atoms with Gasteiger partial charge in [-0.2, -0.15) is 5.10 Å². The lowest BCUT2D eigenvalue weighted by Gasteiger charge is -2.02. The summed E-state index contributed by atoms with van der Waals surface area (Å²) in [5, 5.41) is 12.2. The predicted molar refractivity (Wildman–Crippen MR) is 64.5 cm³/mol. The molecule has 0 aliphatic heterocycles. The summed E-state index contributed by atoms with van der Waals surface area (Å²) in [6.07, 6.45) is 1.72. The van der Waals surface area contributed by atoms with Crippen LogP contribution in [0.5, 0.6) is 0 Å². The van der Waals surface area contributed by atoms with Crippen molar-refractivity contribution in [3.05, 3.63) is 29.9 Å². The van der Waals surface area contributed by atoms with E-state index >= 15 is 0 Å².